The standard InChI is InChI=1S/C5H8O4.C4H8O2.C2H4O2/c6-4(7)2-1-3-5(8)9;1-2-3-4(5)6;1-2(3)4/h1-3H2,(H,6,7)(H,8,9);2-3H2,1H3,(H,5,6);1H3,(H,3,4). The fourth-order valence-corrected chi connectivity index (χ4v) is 0.605. The topological polar surface area (TPSA) is 149 Å². The maximum atomic E-state index is 9.79. The molecule has 0 saturated heterocycles. The Labute approximate surface area is 110 Å². The maximum Gasteiger partial charge on any atom is 0.303 e. The van der Waals surface area contributed by atoms with Gasteiger partial charge in [-0.25, -0.2) is 0 Å². The predicted octanol–water partition coefficient (Wildman–Crippen LogP) is 1.29. The van der Waals surface area contributed by atoms with Gasteiger partial charge in [0, 0.05) is 26.2 Å². The van der Waals surface area contributed by atoms with Crippen LogP contribution in [0, 0.1) is 0 Å². The first-order chi connectivity index (χ1) is 8.63. The summed E-state index contributed by atoms with van der Waals surface area (Å²) >= 11 is 0. The molecule has 0 aliphatic carbocycles. The molecule has 0 rings (SSSR count). The normalized spacial score (nSPS) is 8.11. The van der Waals surface area contributed by atoms with Crippen LogP contribution in [0.3, 0.4) is 0 Å². The fraction of sp³-hybridized carbons (Fsp3) is 0.636. The van der Waals surface area contributed by atoms with Crippen LogP contribution in [0.5, 0.6) is 0 Å². The van der Waals surface area contributed by atoms with Gasteiger partial charge >= 0.3 is 17.9 Å². The summed E-state index contributed by atoms with van der Waals surface area (Å²) in [5.74, 6) is -3.44. The molecule has 0 aromatic rings. The summed E-state index contributed by atoms with van der Waals surface area (Å²) in [6, 6.07) is 0. The lowest BCUT2D eigenvalue weighted by molar-refractivity contribution is -0.139. The van der Waals surface area contributed by atoms with Gasteiger partial charge in [0.2, 0.25) is 0 Å². The Balaban J connectivity index is -0.000000222. The monoisotopic (exact) mass is 280 g/mol. The van der Waals surface area contributed by atoms with E-state index in [4.69, 9.17) is 25.2 Å². The molecule has 4 N–H and O–H groups in total. The highest BCUT2D eigenvalue weighted by atomic mass is 16.4. The lowest BCUT2D eigenvalue weighted by Crippen LogP contribution is -1.98. The Kier molecular flexibility index (Phi) is 18.5. The second kappa shape index (κ2) is 15.9. The van der Waals surface area contributed by atoms with Crippen LogP contribution in [0.1, 0.15) is 46.0 Å². The maximum absolute atomic E-state index is 9.79. The third-order valence-electron chi connectivity index (χ3n) is 1.25. The van der Waals surface area contributed by atoms with Gasteiger partial charge in [0.05, 0.1) is 0 Å². The molecule has 112 valence electrons. The molecule has 0 amide bonds. The molecule has 0 aromatic heterocycles. The van der Waals surface area contributed by atoms with Crippen molar-refractivity contribution in [1.82, 2.24) is 0 Å². The Hall–Kier alpha value is -2.12. The number of hydrogen-bond donors (Lipinski definition) is 4. The van der Waals surface area contributed by atoms with Crippen LogP contribution in [-0.2, 0) is 19.2 Å². The second-order valence-electron chi connectivity index (χ2n) is 3.30. The van der Waals surface area contributed by atoms with Crippen LogP contribution in [0.2, 0.25) is 0 Å². The molecule has 8 heteroatoms. The molecular weight excluding hydrogens is 260 g/mol. The van der Waals surface area contributed by atoms with Crippen LogP contribution in [0.25, 0.3) is 0 Å². The van der Waals surface area contributed by atoms with E-state index in [0.29, 0.717) is 6.42 Å². The summed E-state index contributed by atoms with van der Waals surface area (Å²) < 4.78 is 0. The summed E-state index contributed by atoms with van der Waals surface area (Å²) in [6.45, 7) is 2.92. The van der Waals surface area contributed by atoms with Gasteiger partial charge < -0.3 is 20.4 Å². The largest absolute Gasteiger partial charge is 0.481 e. The summed E-state index contributed by atoms with van der Waals surface area (Å²) in [7, 11) is 0. The molecule has 0 aliphatic heterocycles. The summed E-state index contributed by atoms with van der Waals surface area (Å²) in [6.07, 6.45) is 1.11. The van der Waals surface area contributed by atoms with Gasteiger partial charge in [-0.1, -0.05) is 6.92 Å². The number of rotatable bonds is 6. The molecule has 0 fully saturated rings. The van der Waals surface area contributed by atoms with E-state index in [9.17, 15) is 14.4 Å². The molecular formula is C11H20O8. The lowest BCUT2D eigenvalue weighted by atomic mass is 10.2. The van der Waals surface area contributed by atoms with Gasteiger partial charge in [0.25, 0.3) is 5.97 Å². The average molecular weight is 280 g/mol. The second-order valence-corrected chi connectivity index (χ2v) is 3.30. The van der Waals surface area contributed by atoms with Gasteiger partial charge in [-0.05, 0) is 12.8 Å². The molecule has 0 atom stereocenters. The molecule has 0 aliphatic rings. The first kappa shape index (κ1) is 22.1. The van der Waals surface area contributed by atoms with Gasteiger partial charge in [0.1, 0.15) is 0 Å². The van der Waals surface area contributed by atoms with Crippen molar-refractivity contribution in [3.05, 3.63) is 0 Å². The van der Waals surface area contributed by atoms with Gasteiger partial charge in [-0.15, -0.1) is 0 Å². The Morgan fingerprint density at radius 3 is 1.11 bits per heavy atom. The van der Waals surface area contributed by atoms with Crippen molar-refractivity contribution >= 4 is 23.9 Å². The highest BCUT2D eigenvalue weighted by Crippen LogP contribution is 1.93. The van der Waals surface area contributed by atoms with Crippen molar-refractivity contribution in [1.29, 1.82) is 0 Å². The van der Waals surface area contributed by atoms with Crippen LogP contribution >= 0.6 is 0 Å². The molecule has 0 saturated carbocycles. The fourth-order valence-electron chi connectivity index (χ4n) is 0.605. The third-order valence-corrected chi connectivity index (χ3v) is 1.25. The summed E-state index contributed by atoms with van der Waals surface area (Å²) in [5, 5.41) is 31.4. The minimum atomic E-state index is -0.948. The Morgan fingerprint density at radius 1 is 0.737 bits per heavy atom. The van der Waals surface area contributed by atoms with Gasteiger partial charge in [-0.2, -0.15) is 0 Å². The molecule has 0 heterocycles. The lowest BCUT2D eigenvalue weighted by Gasteiger charge is -1.89. The minimum absolute atomic E-state index is 0.0632. The molecule has 19 heavy (non-hydrogen) atoms. The van der Waals surface area contributed by atoms with E-state index in [2.05, 4.69) is 0 Å². The van der Waals surface area contributed by atoms with Crippen molar-refractivity contribution in [3.8, 4) is 0 Å². The average Bonchev–Trinajstić information content (AvgIpc) is 2.15. The van der Waals surface area contributed by atoms with Crippen molar-refractivity contribution in [3.63, 3.8) is 0 Å². The van der Waals surface area contributed by atoms with Crippen LogP contribution in [-0.4, -0.2) is 44.3 Å². The van der Waals surface area contributed by atoms with Crippen LogP contribution < -0.4 is 0 Å². The van der Waals surface area contributed by atoms with Gasteiger partial charge in [0.15, 0.2) is 0 Å². The zero-order valence-corrected chi connectivity index (χ0v) is 11.0. The third kappa shape index (κ3) is 64.6. The van der Waals surface area contributed by atoms with Crippen molar-refractivity contribution in [2.24, 2.45) is 0 Å². The first-order valence-corrected chi connectivity index (χ1v) is 5.48. The van der Waals surface area contributed by atoms with Crippen LogP contribution in [0.4, 0.5) is 0 Å². The van der Waals surface area contributed by atoms with Crippen LogP contribution in [0.15, 0.2) is 0 Å². The van der Waals surface area contributed by atoms with Crippen molar-refractivity contribution < 1.29 is 39.6 Å². The van der Waals surface area contributed by atoms with E-state index < -0.39 is 23.9 Å². The smallest absolute Gasteiger partial charge is 0.303 e. The summed E-state index contributed by atoms with van der Waals surface area (Å²) in [5.41, 5.74) is 0. The SMILES string of the molecule is CC(=O)O.CCCC(=O)O.O=C(O)CCCC(=O)O. The van der Waals surface area contributed by atoms with E-state index in [1.807, 2.05) is 6.92 Å². The zero-order chi connectivity index (χ0) is 15.8. The van der Waals surface area contributed by atoms with E-state index in [1.54, 1.807) is 0 Å². The molecule has 0 spiro atoms. The summed E-state index contributed by atoms with van der Waals surface area (Å²) in [4.78, 5) is 38.2. The number of carbonyl (C=O) groups is 4. The Bertz CT molecular complexity index is 266. The quantitative estimate of drug-likeness (QED) is 0.568. The van der Waals surface area contributed by atoms with E-state index in [1.165, 1.54) is 0 Å². The van der Waals surface area contributed by atoms with Crippen molar-refractivity contribution in [2.75, 3.05) is 0 Å². The highest BCUT2D eigenvalue weighted by molar-refractivity contribution is 5.69. The predicted molar refractivity (Wildman–Crippen MR) is 65.0 cm³/mol. The molecule has 0 unspecified atom stereocenters. The van der Waals surface area contributed by atoms with E-state index >= 15 is 0 Å². The number of aliphatic carboxylic acids is 4. The Morgan fingerprint density at radius 2 is 1.00 bits per heavy atom. The first-order valence-electron chi connectivity index (χ1n) is 5.48. The number of carboxylic acid groups (broad SMARTS) is 4. The molecule has 0 bridgehead atoms. The highest BCUT2D eigenvalue weighted by Gasteiger charge is 1.99. The zero-order valence-electron chi connectivity index (χ0n) is 11.0. The number of hydrogen-bond acceptors (Lipinski definition) is 4. The van der Waals surface area contributed by atoms with Crippen molar-refractivity contribution in [2.45, 2.75) is 46.0 Å². The van der Waals surface area contributed by atoms with Gasteiger partial charge in [-0.3, -0.25) is 19.2 Å². The van der Waals surface area contributed by atoms with E-state index in [-0.39, 0.29) is 19.3 Å². The molecule has 0 aromatic carbocycles. The minimum Gasteiger partial charge on any atom is -0.481 e. The molecule has 0 radical (unpaired) electrons. The molecule has 8 nitrogen and oxygen atoms in total. The van der Waals surface area contributed by atoms with E-state index in [0.717, 1.165) is 13.3 Å². The number of carboxylic acids is 4.